The van der Waals surface area contributed by atoms with Crippen molar-refractivity contribution in [3.05, 3.63) is 11.8 Å². The number of fused-ring (bicyclic) bond motifs is 4. The van der Waals surface area contributed by atoms with Crippen LogP contribution in [0.3, 0.4) is 0 Å². The molecule has 3 N–H and O–H groups in total. The van der Waals surface area contributed by atoms with E-state index in [0.29, 0.717) is 25.9 Å². The van der Waals surface area contributed by atoms with Gasteiger partial charge < -0.3 is 11.1 Å². The van der Waals surface area contributed by atoms with Crippen molar-refractivity contribution in [2.75, 3.05) is 25.0 Å². The third-order valence-electron chi connectivity index (χ3n) is 6.14. The van der Waals surface area contributed by atoms with Gasteiger partial charge >= 0.3 is 6.18 Å². The maximum atomic E-state index is 12.7. The average Bonchev–Trinajstić information content (AvgIpc) is 3.24. The van der Waals surface area contributed by atoms with Crippen LogP contribution in [-0.4, -0.2) is 52.3 Å². The summed E-state index contributed by atoms with van der Waals surface area (Å²) in [5.74, 6) is -0.489. The van der Waals surface area contributed by atoms with E-state index in [1.807, 2.05) is 0 Å². The van der Waals surface area contributed by atoms with E-state index in [4.69, 9.17) is 5.73 Å². The van der Waals surface area contributed by atoms with Crippen molar-refractivity contribution in [1.29, 1.82) is 0 Å². The van der Waals surface area contributed by atoms with Crippen LogP contribution in [-0.2, 0) is 10.3 Å². The van der Waals surface area contributed by atoms with Crippen molar-refractivity contribution in [3.8, 4) is 0 Å². The summed E-state index contributed by atoms with van der Waals surface area (Å²) in [7, 11) is 0. The average molecular weight is 385 g/mol. The third-order valence-corrected chi connectivity index (χ3v) is 6.14. The largest absolute Gasteiger partial charge is 0.401 e. The van der Waals surface area contributed by atoms with Crippen LogP contribution in [0.4, 0.5) is 19.0 Å². The monoisotopic (exact) mass is 385 g/mol. The number of amides is 2. The minimum Gasteiger partial charge on any atom is -0.365 e. The molecule has 2 aliphatic heterocycles. The van der Waals surface area contributed by atoms with E-state index in [2.05, 4.69) is 10.4 Å². The number of hydrogen-bond acceptors (Lipinski definition) is 4. The highest BCUT2D eigenvalue weighted by molar-refractivity contribution is 6.02. The molecule has 1 saturated carbocycles. The number of carbonyl (C=O) groups excluding carboxylic acids is 2. The molecule has 1 aromatic heterocycles. The molecule has 1 aromatic rings. The summed E-state index contributed by atoms with van der Waals surface area (Å²) in [6, 6.07) is 0. The molecule has 3 aliphatic rings. The van der Waals surface area contributed by atoms with Gasteiger partial charge in [0.05, 0.1) is 12.1 Å². The molecule has 2 fully saturated rings. The van der Waals surface area contributed by atoms with Gasteiger partial charge in [0.15, 0.2) is 5.82 Å². The molecule has 2 amide bonds. The maximum absolute atomic E-state index is 12.7. The van der Waals surface area contributed by atoms with Crippen LogP contribution in [0.25, 0.3) is 0 Å². The molecule has 1 saturated heterocycles. The van der Waals surface area contributed by atoms with E-state index in [1.165, 1.54) is 11.1 Å². The van der Waals surface area contributed by atoms with Crippen LogP contribution in [0.5, 0.6) is 0 Å². The summed E-state index contributed by atoms with van der Waals surface area (Å²) in [6.07, 6.45) is 0.671. The van der Waals surface area contributed by atoms with Gasteiger partial charge in [0.1, 0.15) is 5.56 Å². The Morgan fingerprint density at radius 3 is 2.67 bits per heavy atom. The standard InChI is InChI=1S/C17H22F3N5O2/c18-17(19,20)9-24-5-3-16(4-6-24)2-1-10-7-11(10)15(27)22-14-12(13(21)26)8-25(16)23-14/h8,10-11H,1-7,9H2,(H2,21,26)(H,22,23,27)/t10-,11-/m1/s1. The van der Waals surface area contributed by atoms with E-state index in [-0.39, 0.29) is 29.1 Å². The van der Waals surface area contributed by atoms with Gasteiger partial charge in [-0.25, -0.2) is 0 Å². The number of primary amides is 1. The highest BCUT2D eigenvalue weighted by atomic mass is 19.4. The van der Waals surface area contributed by atoms with Crippen LogP contribution in [0.2, 0.25) is 0 Å². The quantitative estimate of drug-likeness (QED) is 0.811. The smallest absolute Gasteiger partial charge is 0.365 e. The Labute approximate surface area is 154 Å². The first-order chi connectivity index (χ1) is 12.7. The van der Waals surface area contributed by atoms with E-state index in [1.54, 1.807) is 4.68 Å². The van der Waals surface area contributed by atoms with Gasteiger partial charge in [-0.2, -0.15) is 18.3 Å². The first kappa shape index (κ1) is 18.3. The molecule has 148 valence electrons. The summed E-state index contributed by atoms with van der Waals surface area (Å²) in [6.45, 7) is -0.303. The Morgan fingerprint density at radius 2 is 2.04 bits per heavy atom. The molecule has 2 bridgehead atoms. The zero-order valence-corrected chi connectivity index (χ0v) is 14.8. The maximum Gasteiger partial charge on any atom is 0.401 e. The summed E-state index contributed by atoms with van der Waals surface area (Å²) >= 11 is 0. The van der Waals surface area contributed by atoms with Gasteiger partial charge in [-0.1, -0.05) is 0 Å². The van der Waals surface area contributed by atoms with Crippen molar-refractivity contribution in [3.63, 3.8) is 0 Å². The highest BCUT2D eigenvalue weighted by Gasteiger charge is 2.47. The summed E-state index contributed by atoms with van der Waals surface area (Å²) in [5, 5.41) is 7.12. The van der Waals surface area contributed by atoms with Crippen LogP contribution < -0.4 is 11.1 Å². The fourth-order valence-corrected chi connectivity index (χ4v) is 4.42. The molecule has 1 spiro atoms. The van der Waals surface area contributed by atoms with Crippen molar-refractivity contribution in [2.24, 2.45) is 17.6 Å². The summed E-state index contributed by atoms with van der Waals surface area (Å²) in [4.78, 5) is 25.5. The summed E-state index contributed by atoms with van der Waals surface area (Å²) < 4.78 is 39.8. The van der Waals surface area contributed by atoms with Gasteiger partial charge in [0, 0.05) is 25.2 Å². The first-order valence-corrected chi connectivity index (χ1v) is 9.17. The fraction of sp³-hybridized carbons (Fsp3) is 0.706. The second kappa shape index (κ2) is 6.22. The Morgan fingerprint density at radius 1 is 1.33 bits per heavy atom. The van der Waals surface area contributed by atoms with Gasteiger partial charge in [0.2, 0.25) is 5.91 Å². The normalized spacial score (nSPS) is 27.7. The number of carbonyl (C=O) groups is 2. The van der Waals surface area contributed by atoms with Gasteiger partial charge in [-0.15, -0.1) is 0 Å². The van der Waals surface area contributed by atoms with E-state index in [9.17, 15) is 22.8 Å². The SMILES string of the molecule is NC(=O)c1cn2nc1NC(=O)[C@@H]1C[C@H]1CCC21CCN(CC(F)(F)F)CC1. The predicted octanol–water partition coefficient (Wildman–Crippen LogP) is 1.70. The molecular weight excluding hydrogens is 363 g/mol. The number of nitrogens with zero attached hydrogens (tertiary/aromatic N) is 3. The van der Waals surface area contributed by atoms with E-state index in [0.717, 1.165) is 19.3 Å². The predicted molar refractivity (Wildman–Crippen MR) is 89.9 cm³/mol. The second-order valence-electron chi connectivity index (χ2n) is 7.95. The number of rotatable bonds is 2. The Balaban J connectivity index is 1.62. The Kier molecular flexibility index (Phi) is 4.21. The molecule has 0 unspecified atom stereocenters. The van der Waals surface area contributed by atoms with E-state index >= 15 is 0 Å². The minimum atomic E-state index is -4.22. The topological polar surface area (TPSA) is 93.2 Å². The lowest BCUT2D eigenvalue weighted by Gasteiger charge is -2.42. The van der Waals surface area contributed by atoms with Crippen molar-refractivity contribution >= 4 is 17.6 Å². The van der Waals surface area contributed by atoms with Crippen LogP contribution >= 0.6 is 0 Å². The Bertz CT molecular complexity index is 767. The highest BCUT2D eigenvalue weighted by Crippen LogP contribution is 2.47. The molecule has 7 nitrogen and oxygen atoms in total. The number of aromatic nitrogens is 2. The number of anilines is 1. The van der Waals surface area contributed by atoms with Crippen molar-refractivity contribution < 1.29 is 22.8 Å². The van der Waals surface area contributed by atoms with Crippen molar-refractivity contribution in [1.82, 2.24) is 14.7 Å². The molecular formula is C17H22F3N5O2. The lowest BCUT2D eigenvalue weighted by Crippen LogP contribution is -2.49. The minimum absolute atomic E-state index is 0.0867. The molecule has 0 radical (unpaired) electrons. The number of nitrogens with two attached hydrogens (primary N) is 1. The summed E-state index contributed by atoms with van der Waals surface area (Å²) in [5.41, 5.74) is 5.11. The number of hydrogen-bond donors (Lipinski definition) is 2. The fourth-order valence-electron chi connectivity index (χ4n) is 4.42. The van der Waals surface area contributed by atoms with Gasteiger partial charge in [0.25, 0.3) is 5.91 Å². The molecule has 3 heterocycles. The number of alkyl halides is 3. The molecule has 27 heavy (non-hydrogen) atoms. The van der Waals surface area contributed by atoms with E-state index < -0.39 is 24.2 Å². The number of piperidine rings is 1. The third kappa shape index (κ3) is 3.54. The zero-order valence-electron chi connectivity index (χ0n) is 14.8. The first-order valence-electron chi connectivity index (χ1n) is 9.17. The second-order valence-corrected chi connectivity index (χ2v) is 7.95. The Hall–Kier alpha value is -2.10. The van der Waals surface area contributed by atoms with Crippen LogP contribution in [0, 0.1) is 11.8 Å². The number of likely N-dealkylation sites (tertiary alicyclic amines) is 1. The molecule has 10 heteroatoms. The lowest BCUT2D eigenvalue weighted by molar-refractivity contribution is -0.150. The lowest BCUT2D eigenvalue weighted by atomic mass is 9.82. The molecule has 2 atom stereocenters. The van der Waals surface area contributed by atoms with Crippen LogP contribution in [0.15, 0.2) is 6.20 Å². The van der Waals surface area contributed by atoms with Gasteiger partial charge in [-0.05, 0) is 38.0 Å². The molecule has 1 aliphatic carbocycles. The number of nitrogens with one attached hydrogen (secondary N) is 1. The van der Waals surface area contributed by atoms with Crippen molar-refractivity contribution in [2.45, 2.75) is 43.8 Å². The zero-order chi connectivity index (χ0) is 19.4. The molecule has 0 aromatic carbocycles. The van der Waals surface area contributed by atoms with Crippen LogP contribution in [0.1, 0.15) is 42.5 Å². The van der Waals surface area contributed by atoms with Gasteiger partial charge in [-0.3, -0.25) is 19.2 Å². The number of halogens is 3. The molecule has 4 rings (SSSR count).